The Morgan fingerprint density at radius 3 is 2.83 bits per heavy atom. The summed E-state index contributed by atoms with van der Waals surface area (Å²) in [5, 5.41) is 6.22. The third-order valence-corrected chi connectivity index (χ3v) is 4.59. The number of hydrogen-bond acceptors (Lipinski definition) is 3. The van der Waals surface area contributed by atoms with Crippen LogP contribution in [0.1, 0.15) is 32.6 Å². The molecule has 2 saturated carbocycles. The maximum absolute atomic E-state index is 11.8. The van der Waals surface area contributed by atoms with Gasteiger partial charge in [-0.3, -0.25) is 4.79 Å². The van der Waals surface area contributed by atoms with E-state index in [1.54, 1.807) is 7.11 Å². The lowest BCUT2D eigenvalue weighted by molar-refractivity contribution is -0.121. The predicted molar refractivity (Wildman–Crippen MR) is 71.3 cm³/mol. The van der Waals surface area contributed by atoms with E-state index < -0.39 is 0 Å². The van der Waals surface area contributed by atoms with Gasteiger partial charge < -0.3 is 15.4 Å². The second-order valence-electron chi connectivity index (χ2n) is 5.86. The minimum absolute atomic E-state index is 0.112. The summed E-state index contributed by atoms with van der Waals surface area (Å²) in [6.07, 6.45) is 5.52. The van der Waals surface area contributed by atoms with Gasteiger partial charge in [0.25, 0.3) is 0 Å². The monoisotopic (exact) mass is 254 g/mol. The number of ether oxygens (including phenoxy) is 1. The maximum Gasteiger partial charge on any atom is 0.234 e. The largest absolute Gasteiger partial charge is 0.383 e. The number of amides is 1. The van der Waals surface area contributed by atoms with Crippen molar-refractivity contribution in [2.45, 2.75) is 38.6 Å². The van der Waals surface area contributed by atoms with E-state index in [4.69, 9.17) is 4.74 Å². The van der Waals surface area contributed by atoms with Gasteiger partial charge in [-0.05, 0) is 43.9 Å². The van der Waals surface area contributed by atoms with Gasteiger partial charge in [-0.2, -0.15) is 0 Å². The number of carbonyl (C=O) groups is 1. The van der Waals surface area contributed by atoms with Crippen LogP contribution < -0.4 is 10.6 Å². The normalized spacial score (nSPS) is 31.6. The Morgan fingerprint density at radius 2 is 2.22 bits per heavy atom. The molecule has 2 bridgehead atoms. The molecule has 4 nitrogen and oxygen atoms in total. The number of methoxy groups -OCH3 is 1. The summed E-state index contributed by atoms with van der Waals surface area (Å²) >= 11 is 0. The molecule has 104 valence electrons. The molecule has 2 fully saturated rings. The highest BCUT2D eigenvalue weighted by Crippen LogP contribution is 2.49. The minimum atomic E-state index is 0.112. The summed E-state index contributed by atoms with van der Waals surface area (Å²) in [5.41, 5.74) is 0. The first-order valence-corrected chi connectivity index (χ1v) is 7.19. The zero-order valence-electron chi connectivity index (χ0n) is 11.6. The first-order chi connectivity index (χ1) is 8.70. The van der Waals surface area contributed by atoms with Gasteiger partial charge in [0.05, 0.1) is 13.2 Å². The molecule has 4 atom stereocenters. The predicted octanol–water partition coefficient (Wildman–Crippen LogP) is 1.16. The molecule has 0 radical (unpaired) electrons. The van der Waals surface area contributed by atoms with Gasteiger partial charge >= 0.3 is 0 Å². The van der Waals surface area contributed by atoms with Crippen LogP contribution in [0.4, 0.5) is 0 Å². The summed E-state index contributed by atoms with van der Waals surface area (Å²) in [6, 6.07) is 0.331. The number of rotatable bonds is 7. The van der Waals surface area contributed by atoms with Crippen molar-refractivity contribution in [3.8, 4) is 0 Å². The van der Waals surface area contributed by atoms with Crippen LogP contribution in [0.3, 0.4) is 0 Å². The molecule has 0 aromatic heterocycles. The fourth-order valence-electron chi connectivity index (χ4n) is 3.69. The topological polar surface area (TPSA) is 50.4 Å². The lowest BCUT2D eigenvalue weighted by Crippen LogP contribution is -2.44. The average molecular weight is 254 g/mol. The van der Waals surface area contributed by atoms with E-state index in [0.29, 0.717) is 25.1 Å². The summed E-state index contributed by atoms with van der Waals surface area (Å²) in [5.74, 6) is 2.64. The van der Waals surface area contributed by atoms with Crippen molar-refractivity contribution in [1.82, 2.24) is 10.6 Å². The van der Waals surface area contributed by atoms with Crippen molar-refractivity contribution in [2.24, 2.45) is 17.8 Å². The van der Waals surface area contributed by atoms with E-state index in [1.807, 2.05) is 0 Å². The highest BCUT2D eigenvalue weighted by atomic mass is 16.5. The van der Waals surface area contributed by atoms with Crippen molar-refractivity contribution >= 4 is 5.91 Å². The fraction of sp³-hybridized carbons (Fsp3) is 0.929. The van der Waals surface area contributed by atoms with Crippen LogP contribution in [0.25, 0.3) is 0 Å². The van der Waals surface area contributed by atoms with Gasteiger partial charge in [0, 0.05) is 19.7 Å². The molecule has 0 spiro atoms. The van der Waals surface area contributed by atoms with E-state index in [9.17, 15) is 4.79 Å². The van der Waals surface area contributed by atoms with Crippen LogP contribution in [-0.4, -0.2) is 38.8 Å². The van der Waals surface area contributed by atoms with Crippen LogP contribution >= 0.6 is 0 Å². The van der Waals surface area contributed by atoms with Gasteiger partial charge in [-0.25, -0.2) is 0 Å². The summed E-state index contributed by atoms with van der Waals surface area (Å²) in [4.78, 5) is 11.8. The maximum atomic E-state index is 11.8. The Balaban J connectivity index is 1.64. The smallest absolute Gasteiger partial charge is 0.234 e. The van der Waals surface area contributed by atoms with E-state index >= 15 is 0 Å². The second kappa shape index (κ2) is 6.53. The highest BCUT2D eigenvalue weighted by molar-refractivity contribution is 5.78. The first kappa shape index (κ1) is 13.8. The number of fused-ring (bicyclic) bond motifs is 2. The molecule has 1 amide bonds. The van der Waals surface area contributed by atoms with Gasteiger partial charge in [0.1, 0.15) is 0 Å². The van der Waals surface area contributed by atoms with Gasteiger partial charge in [0.2, 0.25) is 5.91 Å². The summed E-state index contributed by atoms with van der Waals surface area (Å²) in [6.45, 7) is 3.94. The van der Waals surface area contributed by atoms with E-state index in [1.165, 1.54) is 25.7 Å². The Kier molecular flexibility index (Phi) is 5.01. The average Bonchev–Trinajstić information content (AvgIpc) is 2.96. The standard InChI is InChI=1S/C14H26N2O2/c1-10(13-8-11-3-4-12(13)7-11)16-14(17)9-15-5-6-18-2/h10-13,15H,3-9H2,1-2H3,(H,16,17)/t10-,11-,12-,13-/m0/s1. The summed E-state index contributed by atoms with van der Waals surface area (Å²) in [7, 11) is 1.67. The molecule has 0 aromatic rings. The molecular weight excluding hydrogens is 228 g/mol. The summed E-state index contributed by atoms with van der Waals surface area (Å²) < 4.78 is 4.93. The van der Waals surface area contributed by atoms with Gasteiger partial charge in [0.15, 0.2) is 0 Å². The molecule has 2 N–H and O–H groups in total. The van der Waals surface area contributed by atoms with E-state index in [2.05, 4.69) is 17.6 Å². The van der Waals surface area contributed by atoms with Crippen LogP contribution in [0.5, 0.6) is 0 Å². The van der Waals surface area contributed by atoms with Crippen LogP contribution in [-0.2, 0) is 9.53 Å². The molecule has 0 unspecified atom stereocenters. The third-order valence-electron chi connectivity index (χ3n) is 4.59. The fourth-order valence-corrected chi connectivity index (χ4v) is 3.69. The Bertz CT molecular complexity index is 283. The molecule has 2 rings (SSSR count). The van der Waals surface area contributed by atoms with Gasteiger partial charge in [-0.15, -0.1) is 0 Å². The lowest BCUT2D eigenvalue weighted by Gasteiger charge is -2.28. The molecular formula is C14H26N2O2. The van der Waals surface area contributed by atoms with Crippen molar-refractivity contribution in [3.63, 3.8) is 0 Å². The Hall–Kier alpha value is -0.610. The third kappa shape index (κ3) is 3.45. The molecule has 0 aliphatic heterocycles. The van der Waals surface area contributed by atoms with Gasteiger partial charge in [-0.1, -0.05) is 6.42 Å². The first-order valence-electron chi connectivity index (χ1n) is 7.19. The molecule has 2 aliphatic rings. The molecule has 4 heteroatoms. The van der Waals surface area contributed by atoms with Crippen LogP contribution in [0, 0.1) is 17.8 Å². The Morgan fingerprint density at radius 1 is 1.39 bits per heavy atom. The number of hydrogen-bond donors (Lipinski definition) is 2. The molecule has 18 heavy (non-hydrogen) atoms. The second-order valence-corrected chi connectivity index (χ2v) is 5.86. The minimum Gasteiger partial charge on any atom is -0.383 e. The number of nitrogens with one attached hydrogen (secondary N) is 2. The molecule has 0 aromatic carbocycles. The molecule has 0 heterocycles. The van der Waals surface area contributed by atoms with Crippen molar-refractivity contribution < 1.29 is 9.53 Å². The Labute approximate surface area is 110 Å². The molecule has 2 aliphatic carbocycles. The number of carbonyl (C=O) groups excluding carboxylic acids is 1. The van der Waals surface area contributed by atoms with Crippen LogP contribution in [0.2, 0.25) is 0 Å². The zero-order chi connectivity index (χ0) is 13.0. The van der Waals surface area contributed by atoms with Crippen molar-refractivity contribution in [1.29, 1.82) is 0 Å². The zero-order valence-corrected chi connectivity index (χ0v) is 11.6. The lowest BCUT2D eigenvalue weighted by atomic mass is 9.84. The van der Waals surface area contributed by atoms with Crippen molar-refractivity contribution in [2.75, 3.05) is 26.8 Å². The molecule has 0 saturated heterocycles. The SMILES string of the molecule is COCCNCC(=O)N[C@@H](C)[C@@H]1C[C@H]2CC[C@H]1C2. The highest BCUT2D eigenvalue weighted by Gasteiger charge is 2.41. The van der Waals surface area contributed by atoms with E-state index in [-0.39, 0.29) is 5.91 Å². The van der Waals surface area contributed by atoms with E-state index in [0.717, 1.165) is 18.4 Å². The van der Waals surface area contributed by atoms with Crippen molar-refractivity contribution in [3.05, 3.63) is 0 Å². The van der Waals surface area contributed by atoms with Crippen LogP contribution in [0.15, 0.2) is 0 Å². The quantitative estimate of drug-likeness (QED) is 0.670.